The summed E-state index contributed by atoms with van der Waals surface area (Å²) in [7, 11) is 0. The van der Waals surface area contributed by atoms with E-state index in [1.807, 2.05) is 19.1 Å². The molecule has 0 amide bonds. The van der Waals surface area contributed by atoms with E-state index in [2.05, 4.69) is 6.07 Å². The van der Waals surface area contributed by atoms with E-state index < -0.39 is 0 Å². The van der Waals surface area contributed by atoms with Gasteiger partial charge in [-0.15, -0.1) is 11.6 Å². The normalized spacial score (nSPS) is 16.1. The van der Waals surface area contributed by atoms with Crippen LogP contribution in [-0.4, -0.2) is 11.2 Å². The smallest absolute Gasteiger partial charge is 0.180 e. The standard InChI is InChI=1S/C13H15ClO/c1-2-12(14)13(15)11-7-6-9-4-3-5-10(9)8-11/h6-8,12H,2-5H2,1H3. The maximum Gasteiger partial charge on any atom is 0.180 e. The van der Waals surface area contributed by atoms with Gasteiger partial charge in [0.25, 0.3) is 0 Å². The summed E-state index contributed by atoms with van der Waals surface area (Å²) in [5.41, 5.74) is 3.51. The van der Waals surface area contributed by atoms with Crippen LogP contribution in [0.4, 0.5) is 0 Å². The minimum absolute atomic E-state index is 0.0638. The predicted octanol–water partition coefficient (Wildman–Crippen LogP) is 3.38. The zero-order valence-corrected chi connectivity index (χ0v) is 9.68. The quantitative estimate of drug-likeness (QED) is 0.566. The van der Waals surface area contributed by atoms with Crippen molar-refractivity contribution in [2.24, 2.45) is 0 Å². The highest BCUT2D eigenvalue weighted by Gasteiger charge is 2.18. The maximum absolute atomic E-state index is 11.8. The Labute approximate surface area is 95.4 Å². The third-order valence-electron chi connectivity index (χ3n) is 3.03. The van der Waals surface area contributed by atoms with Gasteiger partial charge in [0.1, 0.15) is 0 Å². The molecule has 0 aromatic heterocycles. The van der Waals surface area contributed by atoms with Crippen molar-refractivity contribution in [2.75, 3.05) is 0 Å². The van der Waals surface area contributed by atoms with Crippen molar-refractivity contribution < 1.29 is 4.79 Å². The number of aryl methyl sites for hydroxylation is 2. The first-order chi connectivity index (χ1) is 7.22. The van der Waals surface area contributed by atoms with Crippen LogP contribution in [0.1, 0.15) is 41.3 Å². The molecule has 0 radical (unpaired) electrons. The fourth-order valence-electron chi connectivity index (χ4n) is 2.09. The molecule has 80 valence electrons. The van der Waals surface area contributed by atoms with E-state index >= 15 is 0 Å². The van der Waals surface area contributed by atoms with Crippen LogP contribution in [0, 0.1) is 0 Å². The van der Waals surface area contributed by atoms with Gasteiger partial charge < -0.3 is 0 Å². The van der Waals surface area contributed by atoms with Crippen molar-refractivity contribution >= 4 is 17.4 Å². The Morgan fingerprint density at radius 1 is 1.40 bits per heavy atom. The molecule has 2 heteroatoms. The van der Waals surface area contributed by atoms with Gasteiger partial charge in [0, 0.05) is 5.56 Å². The van der Waals surface area contributed by atoms with Crippen LogP contribution in [0.3, 0.4) is 0 Å². The summed E-state index contributed by atoms with van der Waals surface area (Å²) < 4.78 is 0. The fraction of sp³-hybridized carbons (Fsp3) is 0.462. The van der Waals surface area contributed by atoms with Crippen LogP contribution in [0.15, 0.2) is 18.2 Å². The summed E-state index contributed by atoms with van der Waals surface area (Å²) in [6, 6.07) is 6.02. The Morgan fingerprint density at radius 2 is 2.13 bits per heavy atom. The van der Waals surface area contributed by atoms with Crippen LogP contribution < -0.4 is 0 Å². The number of Topliss-reactive ketones (excluding diaryl/α,β-unsaturated/α-hetero) is 1. The number of fused-ring (bicyclic) bond motifs is 1. The number of carbonyl (C=O) groups excluding carboxylic acids is 1. The molecule has 1 nitrogen and oxygen atoms in total. The highest BCUT2D eigenvalue weighted by atomic mass is 35.5. The van der Waals surface area contributed by atoms with Gasteiger partial charge in [0.05, 0.1) is 5.38 Å². The van der Waals surface area contributed by atoms with E-state index in [0.29, 0.717) is 6.42 Å². The van der Waals surface area contributed by atoms with Gasteiger partial charge in [-0.25, -0.2) is 0 Å². The van der Waals surface area contributed by atoms with Gasteiger partial charge >= 0.3 is 0 Å². The zero-order valence-electron chi connectivity index (χ0n) is 8.92. The molecule has 0 aliphatic heterocycles. The largest absolute Gasteiger partial charge is 0.293 e. The molecule has 0 saturated carbocycles. The Balaban J connectivity index is 2.26. The number of carbonyl (C=O) groups is 1. The van der Waals surface area contributed by atoms with Crippen LogP contribution >= 0.6 is 11.6 Å². The zero-order chi connectivity index (χ0) is 10.8. The van der Waals surface area contributed by atoms with Crippen LogP contribution in [0.25, 0.3) is 0 Å². The molecule has 2 rings (SSSR count). The van der Waals surface area contributed by atoms with Crippen molar-refractivity contribution in [3.63, 3.8) is 0 Å². The van der Waals surface area contributed by atoms with Gasteiger partial charge in [-0.3, -0.25) is 4.79 Å². The Hall–Kier alpha value is -0.820. The molecule has 0 saturated heterocycles. The van der Waals surface area contributed by atoms with E-state index in [-0.39, 0.29) is 11.2 Å². The third-order valence-corrected chi connectivity index (χ3v) is 3.53. The van der Waals surface area contributed by atoms with Gasteiger partial charge in [0.15, 0.2) is 5.78 Å². The molecule has 0 bridgehead atoms. The summed E-state index contributed by atoms with van der Waals surface area (Å²) in [4.78, 5) is 11.8. The summed E-state index contributed by atoms with van der Waals surface area (Å²) in [6.07, 6.45) is 4.17. The molecule has 0 spiro atoms. The van der Waals surface area contributed by atoms with Crippen molar-refractivity contribution in [3.05, 3.63) is 34.9 Å². The molecular weight excluding hydrogens is 208 g/mol. The third kappa shape index (κ3) is 2.07. The molecule has 15 heavy (non-hydrogen) atoms. The molecule has 1 aliphatic carbocycles. The predicted molar refractivity (Wildman–Crippen MR) is 62.7 cm³/mol. The Bertz CT molecular complexity index is 384. The second kappa shape index (κ2) is 4.36. The van der Waals surface area contributed by atoms with Gasteiger partial charge in [-0.1, -0.05) is 19.1 Å². The molecule has 0 heterocycles. The highest BCUT2D eigenvalue weighted by molar-refractivity contribution is 6.33. The van der Waals surface area contributed by atoms with E-state index in [1.165, 1.54) is 17.5 Å². The summed E-state index contributed by atoms with van der Waals surface area (Å²) >= 11 is 5.95. The van der Waals surface area contributed by atoms with Crippen LogP contribution in [0.2, 0.25) is 0 Å². The van der Waals surface area contributed by atoms with E-state index in [9.17, 15) is 4.79 Å². The Morgan fingerprint density at radius 3 is 2.87 bits per heavy atom. The first-order valence-electron chi connectivity index (χ1n) is 5.52. The number of alkyl halides is 1. The Kier molecular flexibility index (Phi) is 3.11. The maximum atomic E-state index is 11.8. The average Bonchev–Trinajstić information content (AvgIpc) is 2.73. The molecule has 1 aliphatic rings. The second-order valence-corrected chi connectivity index (χ2v) is 4.60. The van der Waals surface area contributed by atoms with Crippen molar-refractivity contribution in [1.82, 2.24) is 0 Å². The first kappa shape index (κ1) is 10.7. The molecule has 1 unspecified atom stereocenters. The van der Waals surface area contributed by atoms with Crippen molar-refractivity contribution in [2.45, 2.75) is 38.0 Å². The summed E-state index contributed by atoms with van der Waals surface area (Å²) in [5.74, 6) is 0.0638. The first-order valence-corrected chi connectivity index (χ1v) is 5.96. The van der Waals surface area contributed by atoms with Gasteiger partial charge in [-0.2, -0.15) is 0 Å². The number of benzene rings is 1. The van der Waals surface area contributed by atoms with E-state index in [4.69, 9.17) is 11.6 Å². The summed E-state index contributed by atoms with van der Waals surface area (Å²) in [5, 5.41) is -0.371. The number of rotatable bonds is 3. The lowest BCUT2D eigenvalue weighted by atomic mass is 10.0. The number of ketones is 1. The van der Waals surface area contributed by atoms with Crippen molar-refractivity contribution in [1.29, 1.82) is 0 Å². The molecule has 1 aromatic carbocycles. The fourth-order valence-corrected chi connectivity index (χ4v) is 2.22. The molecule has 0 N–H and O–H groups in total. The van der Waals surface area contributed by atoms with Gasteiger partial charge in [0.2, 0.25) is 0 Å². The second-order valence-electron chi connectivity index (χ2n) is 4.08. The van der Waals surface area contributed by atoms with Gasteiger partial charge in [-0.05, 0) is 42.9 Å². The molecule has 1 atom stereocenters. The lowest BCUT2D eigenvalue weighted by molar-refractivity contribution is 0.0985. The summed E-state index contributed by atoms with van der Waals surface area (Å²) in [6.45, 7) is 1.93. The monoisotopic (exact) mass is 222 g/mol. The SMILES string of the molecule is CCC(Cl)C(=O)c1ccc2c(c1)CCC2. The lowest BCUT2D eigenvalue weighted by Crippen LogP contribution is -2.13. The number of hydrogen-bond donors (Lipinski definition) is 0. The van der Waals surface area contributed by atoms with Crippen LogP contribution in [0.5, 0.6) is 0 Å². The number of hydrogen-bond acceptors (Lipinski definition) is 1. The minimum atomic E-state index is -0.371. The van der Waals surface area contributed by atoms with E-state index in [0.717, 1.165) is 18.4 Å². The minimum Gasteiger partial charge on any atom is -0.293 e. The average molecular weight is 223 g/mol. The molecule has 1 aromatic rings. The highest BCUT2D eigenvalue weighted by Crippen LogP contribution is 2.24. The number of halogens is 1. The lowest BCUT2D eigenvalue weighted by Gasteiger charge is -2.07. The molecule has 0 fully saturated rings. The topological polar surface area (TPSA) is 17.1 Å². The molecular formula is C13H15ClO. The van der Waals surface area contributed by atoms with Crippen LogP contribution in [-0.2, 0) is 12.8 Å². The van der Waals surface area contributed by atoms with Crippen molar-refractivity contribution in [3.8, 4) is 0 Å². The van der Waals surface area contributed by atoms with E-state index in [1.54, 1.807) is 0 Å².